The average molecular weight is 364 g/mol. The van der Waals surface area contributed by atoms with Crippen molar-refractivity contribution in [2.75, 3.05) is 6.54 Å². The Balaban J connectivity index is 1.94. The topological polar surface area (TPSA) is 67.6 Å². The van der Waals surface area contributed by atoms with Crippen LogP contribution in [0.25, 0.3) is 22.2 Å². The number of nitrogens with one attached hydrogen (secondary N) is 1. The van der Waals surface area contributed by atoms with Gasteiger partial charge in [-0.3, -0.25) is 5.10 Å². The quantitative estimate of drug-likeness (QED) is 0.686. The maximum absolute atomic E-state index is 14.3. The standard InChI is InChI=1S/C18H16F4N4/c19-12-7-10(6-11(8-12)17(9-23)3-1-4-17)13-2-5-24-16-14(13)15(25-26-16)18(20,21)22/h2,5-8H,1,3-4,9,23H2,(H,24,25,26). The predicted octanol–water partition coefficient (Wildman–Crippen LogP) is 4.16. The molecule has 0 saturated heterocycles. The fourth-order valence-electron chi connectivity index (χ4n) is 3.66. The van der Waals surface area contributed by atoms with Crippen molar-refractivity contribution in [1.29, 1.82) is 0 Å². The number of aromatic nitrogens is 3. The Hall–Kier alpha value is -2.48. The Labute approximate surface area is 146 Å². The zero-order valence-electron chi connectivity index (χ0n) is 13.7. The Bertz CT molecular complexity index is 967. The molecule has 0 unspecified atom stereocenters. The molecule has 3 N–H and O–H groups in total. The number of H-pyrrole nitrogens is 1. The number of aromatic amines is 1. The minimum Gasteiger partial charge on any atom is -0.330 e. The molecule has 0 amide bonds. The second-order valence-corrected chi connectivity index (χ2v) is 6.72. The maximum Gasteiger partial charge on any atom is 0.433 e. The van der Waals surface area contributed by atoms with Crippen LogP contribution in [0.1, 0.15) is 30.5 Å². The number of nitrogens with zero attached hydrogens (tertiary/aromatic N) is 2. The lowest BCUT2D eigenvalue weighted by Gasteiger charge is -2.41. The number of alkyl halides is 3. The van der Waals surface area contributed by atoms with Crippen LogP contribution in [0, 0.1) is 5.82 Å². The van der Waals surface area contributed by atoms with E-state index >= 15 is 0 Å². The molecule has 4 nitrogen and oxygen atoms in total. The first-order valence-corrected chi connectivity index (χ1v) is 8.26. The van der Waals surface area contributed by atoms with Crippen LogP contribution in [-0.2, 0) is 11.6 Å². The molecular formula is C18H16F4N4. The van der Waals surface area contributed by atoms with E-state index in [0.717, 1.165) is 24.8 Å². The monoisotopic (exact) mass is 364 g/mol. The van der Waals surface area contributed by atoms with E-state index in [1.807, 2.05) is 5.10 Å². The van der Waals surface area contributed by atoms with Crippen molar-refractivity contribution in [2.24, 2.45) is 5.73 Å². The van der Waals surface area contributed by atoms with Gasteiger partial charge in [0.1, 0.15) is 11.5 Å². The van der Waals surface area contributed by atoms with E-state index in [9.17, 15) is 17.6 Å². The first-order valence-electron chi connectivity index (χ1n) is 8.26. The number of rotatable bonds is 3. The van der Waals surface area contributed by atoms with Crippen LogP contribution in [0.4, 0.5) is 17.6 Å². The SMILES string of the molecule is NCC1(c2cc(F)cc(-c3ccnc4n[nH]c(C(F)(F)F)c34)c2)CCC1. The molecule has 0 spiro atoms. The molecule has 136 valence electrons. The highest BCUT2D eigenvalue weighted by atomic mass is 19.4. The van der Waals surface area contributed by atoms with Crippen molar-refractivity contribution in [1.82, 2.24) is 15.2 Å². The highest BCUT2D eigenvalue weighted by Crippen LogP contribution is 2.45. The van der Waals surface area contributed by atoms with E-state index < -0.39 is 17.7 Å². The molecule has 3 aromatic rings. The summed E-state index contributed by atoms with van der Waals surface area (Å²) in [5.41, 5.74) is 5.88. The van der Waals surface area contributed by atoms with E-state index in [2.05, 4.69) is 10.1 Å². The molecule has 26 heavy (non-hydrogen) atoms. The van der Waals surface area contributed by atoms with Gasteiger partial charge in [-0.2, -0.15) is 18.3 Å². The molecule has 0 radical (unpaired) electrons. The number of pyridine rings is 1. The summed E-state index contributed by atoms with van der Waals surface area (Å²) in [6, 6.07) is 5.83. The van der Waals surface area contributed by atoms with Crippen molar-refractivity contribution in [3.05, 3.63) is 47.5 Å². The maximum atomic E-state index is 14.3. The number of hydrogen-bond acceptors (Lipinski definition) is 3. The smallest absolute Gasteiger partial charge is 0.330 e. The van der Waals surface area contributed by atoms with E-state index in [4.69, 9.17) is 5.73 Å². The zero-order chi connectivity index (χ0) is 18.5. The Morgan fingerprint density at radius 2 is 1.96 bits per heavy atom. The molecule has 2 heterocycles. The summed E-state index contributed by atoms with van der Waals surface area (Å²) in [7, 11) is 0. The normalized spacial score (nSPS) is 16.7. The molecule has 1 aromatic carbocycles. The summed E-state index contributed by atoms with van der Waals surface area (Å²) in [6.45, 7) is 0.376. The zero-order valence-corrected chi connectivity index (χ0v) is 13.7. The number of nitrogens with two attached hydrogens (primary N) is 1. The van der Waals surface area contributed by atoms with Gasteiger partial charge in [0.25, 0.3) is 0 Å². The number of fused-ring (bicyclic) bond motifs is 1. The largest absolute Gasteiger partial charge is 0.433 e. The van der Waals surface area contributed by atoms with Crippen LogP contribution in [0.2, 0.25) is 0 Å². The van der Waals surface area contributed by atoms with Crippen molar-refractivity contribution in [2.45, 2.75) is 30.9 Å². The van der Waals surface area contributed by atoms with Gasteiger partial charge < -0.3 is 5.73 Å². The summed E-state index contributed by atoms with van der Waals surface area (Å²) in [4.78, 5) is 3.88. The Morgan fingerprint density at radius 1 is 1.19 bits per heavy atom. The molecule has 0 aliphatic heterocycles. The van der Waals surface area contributed by atoms with Crippen LogP contribution in [0.5, 0.6) is 0 Å². The summed E-state index contributed by atoms with van der Waals surface area (Å²) >= 11 is 0. The van der Waals surface area contributed by atoms with E-state index in [-0.39, 0.29) is 22.0 Å². The molecule has 1 fully saturated rings. The van der Waals surface area contributed by atoms with E-state index in [1.54, 1.807) is 6.07 Å². The third-order valence-corrected chi connectivity index (χ3v) is 5.26. The third kappa shape index (κ3) is 2.56. The lowest BCUT2D eigenvalue weighted by atomic mass is 9.64. The highest BCUT2D eigenvalue weighted by molar-refractivity contribution is 5.95. The minimum absolute atomic E-state index is 0.0576. The van der Waals surface area contributed by atoms with Gasteiger partial charge in [0.05, 0.1) is 5.39 Å². The molecule has 0 atom stereocenters. The fourth-order valence-corrected chi connectivity index (χ4v) is 3.66. The van der Waals surface area contributed by atoms with Gasteiger partial charge in [-0.1, -0.05) is 12.5 Å². The van der Waals surface area contributed by atoms with Crippen LogP contribution in [0.15, 0.2) is 30.5 Å². The van der Waals surface area contributed by atoms with Crippen molar-refractivity contribution < 1.29 is 17.6 Å². The molecule has 4 rings (SSSR count). The predicted molar refractivity (Wildman–Crippen MR) is 88.9 cm³/mol. The molecule has 2 aromatic heterocycles. The second-order valence-electron chi connectivity index (χ2n) is 6.72. The van der Waals surface area contributed by atoms with Crippen LogP contribution >= 0.6 is 0 Å². The fraction of sp³-hybridized carbons (Fsp3) is 0.333. The average Bonchev–Trinajstić information content (AvgIpc) is 2.98. The Morgan fingerprint density at radius 3 is 2.58 bits per heavy atom. The minimum atomic E-state index is -4.62. The van der Waals surface area contributed by atoms with Crippen LogP contribution < -0.4 is 5.73 Å². The van der Waals surface area contributed by atoms with Gasteiger partial charge in [-0.15, -0.1) is 0 Å². The third-order valence-electron chi connectivity index (χ3n) is 5.26. The van der Waals surface area contributed by atoms with Crippen molar-refractivity contribution in [3.8, 4) is 11.1 Å². The molecule has 0 bridgehead atoms. The number of halogens is 4. The van der Waals surface area contributed by atoms with Gasteiger partial charge in [-0.05, 0) is 47.7 Å². The lowest BCUT2D eigenvalue weighted by molar-refractivity contribution is -0.139. The molecule has 8 heteroatoms. The number of hydrogen-bond donors (Lipinski definition) is 2. The van der Waals surface area contributed by atoms with Crippen LogP contribution in [0.3, 0.4) is 0 Å². The van der Waals surface area contributed by atoms with Crippen molar-refractivity contribution in [3.63, 3.8) is 0 Å². The first kappa shape index (κ1) is 17.0. The highest BCUT2D eigenvalue weighted by Gasteiger charge is 2.39. The summed E-state index contributed by atoms with van der Waals surface area (Å²) in [6.07, 6.45) is -0.557. The van der Waals surface area contributed by atoms with Gasteiger partial charge in [-0.25, -0.2) is 9.37 Å². The number of benzene rings is 1. The summed E-state index contributed by atoms with van der Waals surface area (Å²) in [5, 5.41) is 5.48. The van der Waals surface area contributed by atoms with E-state index in [1.165, 1.54) is 24.4 Å². The summed E-state index contributed by atoms with van der Waals surface area (Å²) in [5.74, 6) is -0.501. The molecule has 1 aliphatic rings. The van der Waals surface area contributed by atoms with Gasteiger partial charge in [0, 0.05) is 18.2 Å². The molecule has 1 aliphatic carbocycles. The second kappa shape index (κ2) is 5.77. The van der Waals surface area contributed by atoms with Gasteiger partial charge in [0.2, 0.25) is 0 Å². The van der Waals surface area contributed by atoms with Crippen molar-refractivity contribution >= 4 is 11.0 Å². The van der Waals surface area contributed by atoms with Gasteiger partial charge >= 0.3 is 6.18 Å². The summed E-state index contributed by atoms with van der Waals surface area (Å²) < 4.78 is 54.3. The molecular weight excluding hydrogens is 348 g/mol. The Kier molecular flexibility index (Phi) is 3.76. The van der Waals surface area contributed by atoms with Gasteiger partial charge in [0.15, 0.2) is 5.65 Å². The molecule has 1 saturated carbocycles. The lowest BCUT2D eigenvalue weighted by Crippen LogP contribution is -2.41. The van der Waals surface area contributed by atoms with Crippen LogP contribution in [-0.4, -0.2) is 21.7 Å². The van der Waals surface area contributed by atoms with E-state index in [0.29, 0.717) is 12.1 Å². The first-order chi connectivity index (χ1) is 12.3.